The Morgan fingerprint density at radius 3 is 2.67 bits per heavy atom. The summed E-state index contributed by atoms with van der Waals surface area (Å²) in [4.78, 5) is 1.82. The summed E-state index contributed by atoms with van der Waals surface area (Å²) in [6.07, 6.45) is 3.38. The van der Waals surface area contributed by atoms with Gasteiger partial charge in [-0.2, -0.15) is 10.6 Å². The maximum absolute atomic E-state index is 10.4. The van der Waals surface area contributed by atoms with Crippen molar-refractivity contribution in [1.29, 1.82) is 0 Å². The first kappa shape index (κ1) is 17.7. The molecule has 0 saturated heterocycles. The van der Waals surface area contributed by atoms with Crippen molar-refractivity contribution in [2.75, 3.05) is 12.4 Å². The Hall–Kier alpha value is -1.14. The van der Waals surface area contributed by atoms with Crippen molar-refractivity contribution in [2.45, 2.75) is 41.2 Å². The maximum atomic E-state index is 10.4. The molecule has 0 aromatic heterocycles. The van der Waals surface area contributed by atoms with Crippen molar-refractivity contribution in [3.63, 3.8) is 0 Å². The molecule has 5 heteroatoms. The Morgan fingerprint density at radius 1 is 1.12 bits per heavy atom. The molecule has 0 saturated carbocycles. The lowest BCUT2D eigenvalue weighted by atomic mass is 10.1. The van der Waals surface area contributed by atoms with Crippen LogP contribution in [0, 0.1) is 0 Å². The summed E-state index contributed by atoms with van der Waals surface area (Å²) in [6.45, 7) is 2.88. The standard InChI is InChI=1S/C19H24O3S2/c1-2-3-7-12-22-15-10-11-19-17(13-15)18(14-24(19,20)21)23-16-8-5-4-6-9-16/h4-6,8-11,13,18,20-21H,2-3,7,12,14H2,1H3. The van der Waals surface area contributed by atoms with Gasteiger partial charge in [0.1, 0.15) is 5.75 Å². The lowest BCUT2D eigenvalue weighted by Crippen LogP contribution is -1.98. The van der Waals surface area contributed by atoms with Crippen LogP contribution in [0.4, 0.5) is 0 Å². The van der Waals surface area contributed by atoms with Crippen molar-refractivity contribution >= 4 is 22.4 Å². The summed E-state index contributed by atoms with van der Waals surface area (Å²) in [5.74, 6) is 1.20. The molecule has 130 valence electrons. The van der Waals surface area contributed by atoms with E-state index in [-0.39, 0.29) is 5.25 Å². The smallest absolute Gasteiger partial charge is 0.119 e. The molecular formula is C19H24O3S2. The van der Waals surface area contributed by atoms with E-state index < -0.39 is 10.6 Å². The minimum atomic E-state index is -2.70. The van der Waals surface area contributed by atoms with Gasteiger partial charge in [-0.25, -0.2) is 0 Å². The summed E-state index contributed by atoms with van der Waals surface area (Å²) in [6, 6.07) is 15.8. The fourth-order valence-corrected chi connectivity index (χ4v) is 6.39. The molecule has 0 bridgehead atoms. The molecule has 2 aromatic carbocycles. The maximum Gasteiger partial charge on any atom is 0.119 e. The number of benzene rings is 2. The van der Waals surface area contributed by atoms with Gasteiger partial charge in [0, 0.05) is 4.90 Å². The lowest BCUT2D eigenvalue weighted by molar-refractivity contribution is 0.306. The Kier molecular flexibility index (Phi) is 5.76. The minimum Gasteiger partial charge on any atom is -0.494 e. The molecule has 1 aliphatic heterocycles. The largest absolute Gasteiger partial charge is 0.494 e. The number of ether oxygens (including phenoxy) is 1. The predicted molar refractivity (Wildman–Crippen MR) is 102 cm³/mol. The third-order valence-electron chi connectivity index (χ3n) is 4.10. The third-order valence-corrected chi connectivity index (χ3v) is 7.44. The van der Waals surface area contributed by atoms with E-state index in [2.05, 4.69) is 19.1 Å². The molecule has 1 heterocycles. The van der Waals surface area contributed by atoms with Crippen molar-refractivity contribution in [1.82, 2.24) is 0 Å². The quantitative estimate of drug-likeness (QED) is 0.573. The van der Waals surface area contributed by atoms with Crippen LogP contribution < -0.4 is 4.74 Å². The number of hydrogen-bond donors (Lipinski definition) is 2. The van der Waals surface area contributed by atoms with E-state index >= 15 is 0 Å². The predicted octanol–water partition coefficient (Wildman–Crippen LogP) is 6.21. The molecule has 0 aliphatic carbocycles. The fraction of sp³-hybridized carbons (Fsp3) is 0.368. The van der Waals surface area contributed by atoms with Crippen LogP contribution in [0.2, 0.25) is 0 Å². The number of thioether (sulfide) groups is 1. The third kappa shape index (κ3) is 4.09. The summed E-state index contributed by atoms with van der Waals surface area (Å²) >= 11 is 1.68. The lowest BCUT2D eigenvalue weighted by Gasteiger charge is -2.27. The molecule has 1 unspecified atom stereocenters. The number of unbranched alkanes of at least 4 members (excludes halogenated alkanes) is 2. The molecule has 3 rings (SSSR count). The molecule has 1 aliphatic rings. The second-order valence-electron chi connectivity index (χ2n) is 6.01. The first-order valence-corrected chi connectivity index (χ1v) is 10.9. The molecule has 2 N–H and O–H groups in total. The number of hydrogen-bond acceptors (Lipinski definition) is 4. The highest BCUT2D eigenvalue weighted by molar-refractivity contribution is 8.25. The van der Waals surface area contributed by atoms with Gasteiger partial charge >= 0.3 is 0 Å². The molecular weight excluding hydrogens is 340 g/mol. The average molecular weight is 365 g/mol. The highest BCUT2D eigenvalue weighted by atomic mass is 32.3. The Morgan fingerprint density at radius 2 is 1.92 bits per heavy atom. The van der Waals surface area contributed by atoms with Crippen molar-refractivity contribution in [3.8, 4) is 5.75 Å². The molecule has 3 nitrogen and oxygen atoms in total. The van der Waals surface area contributed by atoms with Gasteiger partial charge in [0.25, 0.3) is 0 Å². The second kappa shape index (κ2) is 7.83. The van der Waals surface area contributed by atoms with Crippen molar-refractivity contribution in [3.05, 3.63) is 54.1 Å². The minimum absolute atomic E-state index is 0.0478. The second-order valence-corrected chi connectivity index (χ2v) is 9.39. The van der Waals surface area contributed by atoms with E-state index in [1.54, 1.807) is 11.8 Å². The van der Waals surface area contributed by atoms with Crippen LogP contribution in [0.5, 0.6) is 5.75 Å². The zero-order chi connectivity index (χ0) is 17.0. The van der Waals surface area contributed by atoms with Gasteiger partial charge in [0.2, 0.25) is 0 Å². The van der Waals surface area contributed by atoms with E-state index in [1.807, 2.05) is 36.4 Å². The average Bonchev–Trinajstić information content (AvgIpc) is 2.83. The van der Waals surface area contributed by atoms with E-state index in [4.69, 9.17) is 4.74 Å². The van der Waals surface area contributed by atoms with Crippen LogP contribution in [0.3, 0.4) is 0 Å². The van der Waals surface area contributed by atoms with E-state index in [0.29, 0.717) is 17.3 Å². The van der Waals surface area contributed by atoms with Crippen LogP contribution in [0.25, 0.3) is 0 Å². The zero-order valence-electron chi connectivity index (χ0n) is 13.9. The molecule has 0 spiro atoms. The van der Waals surface area contributed by atoms with E-state index in [0.717, 1.165) is 29.1 Å². The van der Waals surface area contributed by atoms with Gasteiger partial charge in [-0.05, 0) is 42.3 Å². The van der Waals surface area contributed by atoms with Crippen LogP contribution in [-0.4, -0.2) is 21.5 Å². The normalized spacial score (nSPS) is 19.7. The van der Waals surface area contributed by atoms with E-state index in [9.17, 15) is 9.11 Å². The summed E-state index contributed by atoms with van der Waals surface area (Å²) in [7, 11) is -2.70. The van der Waals surface area contributed by atoms with Gasteiger partial charge in [0.15, 0.2) is 0 Å². The first-order valence-electron chi connectivity index (χ1n) is 8.34. The Balaban J connectivity index is 1.78. The molecule has 1 atom stereocenters. The van der Waals surface area contributed by atoms with Gasteiger partial charge < -0.3 is 4.74 Å². The Labute approximate surface area is 149 Å². The SMILES string of the molecule is CCCCCOc1ccc2c(c1)C(Sc1ccccc1)CS2(O)O. The van der Waals surface area contributed by atoms with Crippen LogP contribution in [0.1, 0.15) is 37.0 Å². The van der Waals surface area contributed by atoms with Crippen molar-refractivity contribution in [2.24, 2.45) is 0 Å². The van der Waals surface area contributed by atoms with E-state index in [1.165, 1.54) is 6.42 Å². The van der Waals surface area contributed by atoms with Crippen molar-refractivity contribution < 1.29 is 13.8 Å². The highest BCUT2D eigenvalue weighted by Crippen LogP contribution is 2.63. The highest BCUT2D eigenvalue weighted by Gasteiger charge is 2.35. The zero-order valence-corrected chi connectivity index (χ0v) is 15.5. The van der Waals surface area contributed by atoms with Gasteiger partial charge in [-0.15, -0.1) is 11.8 Å². The molecule has 0 fully saturated rings. The van der Waals surface area contributed by atoms with Crippen LogP contribution in [0.15, 0.2) is 58.3 Å². The number of fused-ring (bicyclic) bond motifs is 1. The monoisotopic (exact) mass is 364 g/mol. The topological polar surface area (TPSA) is 49.7 Å². The van der Waals surface area contributed by atoms with Crippen LogP contribution in [-0.2, 0) is 0 Å². The summed E-state index contributed by atoms with van der Waals surface area (Å²) in [5.41, 5.74) is 0.997. The van der Waals surface area contributed by atoms with Gasteiger partial charge in [-0.3, -0.25) is 9.11 Å². The summed E-state index contributed by atoms with van der Waals surface area (Å²) in [5, 5.41) is 0.0478. The van der Waals surface area contributed by atoms with Crippen LogP contribution >= 0.6 is 22.4 Å². The number of rotatable bonds is 7. The van der Waals surface area contributed by atoms with Gasteiger partial charge in [0.05, 0.1) is 22.5 Å². The summed E-state index contributed by atoms with van der Waals surface area (Å²) < 4.78 is 26.7. The molecule has 2 aromatic rings. The Bertz CT molecular complexity index is 674. The first-order chi connectivity index (χ1) is 11.6. The van der Waals surface area contributed by atoms with Gasteiger partial charge in [-0.1, -0.05) is 38.0 Å². The molecule has 24 heavy (non-hydrogen) atoms. The molecule has 0 amide bonds. The molecule has 0 radical (unpaired) electrons. The fourth-order valence-electron chi connectivity index (χ4n) is 2.86.